The molecule has 3 aromatic rings. The summed E-state index contributed by atoms with van der Waals surface area (Å²) in [6.07, 6.45) is 1.76. The van der Waals surface area contributed by atoms with Gasteiger partial charge in [-0.2, -0.15) is 10.1 Å². The molecule has 0 radical (unpaired) electrons. The van der Waals surface area contributed by atoms with Gasteiger partial charge in [-0.05, 0) is 24.6 Å². The second-order valence-corrected chi connectivity index (χ2v) is 8.03. The molecule has 0 bridgehead atoms. The van der Waals surface area contributed by atoms with Crippen molar-refractivity contribution >= 4 is 29.4 Å². The predicted molar refractivity (Wildman–Crippen MR) is 139 cm³/mol. The zero-order valence-electron chi connectivity index (χ0n) is 19.7. The Balaban J connectivity index is 1.36. The van der Waals surface area contributed by atoms with Gasteiger partial charge in [0, 0.05) is 36.6 Å². The largest absolute Gasteiger partial charge is 0.476 e. The maximum absolute atomic E-state index is 12.1. The summed E-state index contributed by atoms with van der Waals surface area (Å²) in [7, 11) is 0. The van der Waals surface area contributed by atoms with E-state index in [4.69, 9.17) is 9.47 Å². The van der Waals surface area contributed by atoms with Crippen molar-refractivity contribution in [3.63, 3.8) is 0 Å². The average Bonchev–Trinajstić information content (AvgIpc) is 2.88. The van der Waals surface area contributed by atoms with E-state index >= 15 is 0 Å². The number of hydrazone groups is 1. The minimum atomic E-state index is -0.289. The van der Waals surface area contributed by atoms with Crippen LogP contribution in [0.5, 0.6) is 5.88 Å². The molecule has 2 aromatic carbocycles. The van der Waals surface area contributed by atoms with Crippen LogP contribution in [0.1, 0.15) is 11.1 Å². The molecule has 35 heavy (non-hydrogen) atoms. The van der Waals surface area contributed by atoms with E-state index in [1.807, 2.05) is 67.6 Å². The molecule has 182 valence electrons. The molecule has 2 heterocycles. The lowest BCUT2D eigenvalue weighted by molar-refractivity contribution is 0.122. The van der Waals surface area contributed by atoms with Crippen molar-refractivity contribution in [2.75, 3.05) is 55.1 Å². The van der Waals surface area contributed by atoms with Crippen LogP contribution in [0.4, 0.5) is 22.0 Å². The number of amides is 2. The molecule has 9 heteroatoms. The van der Waals surface area contributed by atoms with Gasteiger partial charge in [0.25, 0.3) is 0 Å². The van der Waals surface area contributed by atoms with E-state index in [0.717, 1.165) is 30.0 Å². The van der Waals surface area contributed by atoms with Crippen molar-refractivity contribution in [3.05, 3.63) is 77.9 Å². The van der Waals surface area contributed by atoms with Crippen LogP contribution in [-0.2, 0) is 4.74 Å². The first-order valence-electron chi connectivity index (χ1n) is 11.6. The molecule has 1 aliphatic heterocycles. The molecular weight excluding hydrogens is 444 g/mol. The second-order valence-electron chi connectivity index (χ2n) is 8.03. The van der Waals surface area contributed by atoms with Gasteiger partial charge in [-0.3, -0.25) is 5.43 Å². The van der Waals surface area contributed by atoms with E-state index in [1.165, 1.54) is 5.56 Å². The number of anilines is 3. The number of hydrogen-bond acceptors (Lipinski definition) is 7. The van der Waals surface area contributed by atoms with Crippen molar-refractivity contribution in [1.29, 1.82) is 0 Å². The number of ether oxygens (including phenoxy) is 2. The maximum Gasteiger partial charge on any atom is 0.319 e. The van der Waals surface area contributed by atoms with E-state index in [1.54, 1.807) is 6.21 Å². The summed E-state index contributed by atoms with van der Waals surface area (Å²) in [5, 5.41) is 9.90. The number of aromatic nitrogens is 1. The minimum absolute atomic E-state index is 0.272. The van der Waals surface area contributed by atoms with Crippen molar-refractivity contribution < 1.29 is 14.3 Å². The molecule has 1 fully saturated rings. The molecule has 0 unspecified atom stereocenters. The highest BCUT2D eigenvalue weighted by Gasteiger charge is 2.14. The molecule has 1 aromatic heterocycles. The average molecular weight is 475 g/mol. The summed E-state index contributed by atoms with van der Waals surface area (Å²) < 4.78 is 11.3. The molecular formula is C26H30N6O3. The molecule has 0 spiro atoms. The lowest BCUT2D eigenvalue weighted by Gasteiger charge is -2.29. The Labute approximate surface area is 205 Å². The Morgan fingerprint density at radius 2 is 1.94 bits per heavy atom. The third-order valence-corrected chi connectivity index (χ3v) is 5.27. The number of carbonyl (C=O) groups excluding carboxylic acids is 1. The number of morpholine rings is 1. The number of rotatable bonds is 9. The number of urea groups is 1. The second kappa shape index (κ2) is 12.4. The van der Waals surface area contributed by atoms with Gasteiger partial charge in [-0.15, -0.1) is 0 Å². The van der Waals surface area contributed by atoms with Gasteiger partial charge in [0.15, 0.2) is 5.82 Å². The Hall–Kier alpha value is -4.11. The number of hydrogen-bond donors (Lipinski definition) is 3. The smallest absolute Gasteiger partial charge is 0.319 e. The van der Waals surface area contributed by atoms with Crippen LogP contribution in [0.3, 0.4) is 0 Å². The predicted octanol–water partition coefficient (Wildman–Crippen LogP) is 3.87. The molecule has 0 aliphatic carbocycles. The van der Waals surface area contributed by atoms with Crippen molar-refractivity contribution in [2.45, 2.75) is 6.92 Å². The van der Waals surface area contributed by atoms with Crippen LogP contribution in [0.2, 0.25) is 0 Å². The SMILES string of the molecule is Cc1cccc(C=NNc2cc(N3CCOCC3)cc(OCCNC(=O)Nc3ccccc3)n2)c1. The van der Waals surface area contributed by atoms with Crippen LogP contribution < -0.4 is 25.7 Å². The molecule has 1 saturated heterocycles. The van der Waals surface area contributed by atoms with E-state index in [0.29, 0.717) is 31.5 Å². The van der Waals surface area contributed by atoms with Crippen molar-refractivity contribution in [1.82, 2.24) is 10.3 Å². The maximum atomic E-state index is 12.1. The monoisotopic (exact) mass is 474 g/mol. The number of para-hydroxylation sites is 1. The zero-order chi connectivity index (χ0) is 24.3. The van der Waals surface area contributed by atoms with Crippen LogP contribution in [0.25, 0.3) is 0 Å². The van der Waals surface area contributed by atoms with Gasteiger partial charge in [0.1, 0.15) is 6.61 Å². The molecule has 4 rings (SSSR count). The Morgan fingerprint density at radius 1 is 1.11 bits per heavy atom. The quantitative estimate of drug-likeness (QED) is 0.247. The van der Waals surface area contributed by atoms with Crippen LogP contribution >= 0.6 is 0 Å². The summed E-state index contributed by atoms with van der Waals surface area (Å²) in [5.41, 5.74) is 6.88. The molecule has 1 aliphatic rings. The fourth-order valence-corrected chi connectivity index (χ4v) is 3.57. The van der Waals surface area contributed by atoms with Gasteiger partial charge < -0.3 is 25.0 Å². The number of nitrogens with one attached hydrogen (secondary N) is 3. The Morgan fingerprint density at radius 3 is 2.74 bits per heavy atom. The zero-order valence-corrected chi connectivity index (χ0v) is 19.7. The lowest BCUT2D eigenvalue weighted by Crippen LogP contribution is -2.36. The number of nitrogens with zero attached hydrogens (tertiary/aromatic N) is 3. The first kappa shape index (κ1) is 24.0. The van der Waals surface area contributed by atoms with Crippen molar-refractivity contribution in [2.24, 2.45) is 5.10 Å². The minimum Gasteiger partial charge on any atom is -0.476 e. The van der Waals surface area contributed by atoms with Crippen LogP contribution in [-0.4, -0.2) is 56.7 Å². The van der Waals surface area contributed by atoms with E-state index in [-0.39, 0.29) is 12.6 Å². The summed E-state index contributed by atoms with van der Waals surface area (Å²) in [6.45, 7) is 5.57. The molecule has 0 atom stereocenters. The molecule has 3 N–H and O–H groups in total. The number of benzene rings is 2. The van der Waals surface area contributed by atoms with E-state index < -0.39 is 0 Å². The lowest BCUT2D eigenvalue weighted by atomic mass is 10.2. The first-order valence-corrected chi connectivity index (χ1v) is 11.6. The number of pyridine rings is 1. The highest BCUT2D eigenvalue weighted by atomic mass is 16.5. The number of aryl methyl sites for hydroxylation is 1. The summed E-state index contributed by atoms with van der Waals surface area (Å²) >= 11 is 0. The third kappa shape index (κ3) is 7.72. The van der Waals surface area contributed by atoms with Gasteiger partial charge in [-0.25, -0.2) is 4.79 Å². The summed E-state index contributed by atoms with van der Waals surface area (Å²) in [5.74, 6) is 1.02. The van der Waals surface area contributed by atoms with Crippen molar-refractivity contribution in [3.8, 4) is 5.88 Å². The third-order valence-electron chi connectivity index (χ3n) is 5.27. The summed E-state index contributed by atoms with van der Waals surface area (Å²) in [4.78, 5) is 18.8. The van der Waals surface area contributed by atoms with Gasteiger partial charge in [0.05, 0.1) is 26.0 Å². The standard InChI is InChI=1S/C26H30N6O3/c1-20-6-5-7-21(16-20)19-28-31-24-17-23(32-11-14-34-15-12-32)18-25(30-24)35-13-10-27-26(33)29-22-8-3-2-4-9-22/h2-9,16-19H,10-15H2,1H3,(H,30,31)(H2,27,29,33). The molecule has 2 amide bonds. The Bertz CT molecular complexity index is 1130. The van der Waals surface area contributed by atoms with Crippen LogP contribution in [0, 0.1) is 6.92 Å². The van der Waals surface area contributed by atoms with E-state index in [2.05, 4.69) is 37.1 Å². The normalized spacial score (nSPS) is 13.5. The van der Waals surface area contributed by atoms with Gasteiger partial charge >= 0.3 is 6.03 Å². The van der Waals surface area contributed by atoms with E-state index in [9.17, 15) is 4.79 Å². The fraction of sp³-hybridized carbons (Fsp3) is 0.269. The van der Waals surface area contributed by atoms with Gasteiger partial charge in [-0.1, -0.05) is 48.0 Å². The first-order chi connectivity index (χ1) is 17.2. The summed E-state index contributed by atoms with van der Waals surface area (Å²) in [6, 6.07) is 20.9. The number of carbonyl (C=O) groups is 1. The highest BCUT2D eigenvalue weighted by molar-refractivity contribution is 5.89. The Kier molecular flexibility index (Phi) is 8.50. The topological polar surface area (TPSA) is 100 Å². The molecule has 0 saturated carbocycles. The van der Waals surface area contributed by atoms with Gasteiger partial charge in [0.2, 0.25) is 5.88 Å². The van der Waals surface area contributed by atoms with Crippen LogP contribution in [0.15, 0.2) is 71.8 Å². The fourth-order valence-electron chi connectivity index (χ4n) is 3.57. The molecule has 9 nitrogen and oxygen atoms in total. The highest BCUT2D eigenvalue weighted by Crippen LogP contribution is 2.24.